The lowest BCUT2D eigenvalue weighted by molar-refractivity contribution is -0.122. The third-order valence-electron chi connectivity index (χ3n) is 5.79. The van der Waals surface area contributed by atoms with Crippen LogP contribution in [0.4, 0.5) is 17.5 Å². The monoisotopic (exact) mass is 545 g/mol. The molecule has 0 spiro atoms. The molecule has 3 heterocycles. The third-order valence-corrected chi connectivity index (χ3v) is 6.07. The van der Waals surface area contributed by atoms with Gasteiger partial charge in [0.25, 0.3) is 11.5 Å². The number of piperazine rings is 1. The van der Waals surface area contributed by atoms with Crippen molar-refractivity contribution < 1.29 is 9.53 Å². The maximum atomic E-state index is 12.8. The molecule has 1 saturated heterocycles. The average molecular weight is 546 g/mol. The molecule has 0 radical (unpaired) electrons. The summed E-state index contributed by atoms with van der Waals surface area (Å²) >= 11 is 6.39. The van der Waals surface area contributed by atoms with Crippen molar-refractivity contribution in [3.8, 4) is 5.75 Å². The Labute approximate surface area is 230 Å². The number of aryl methyl sites for hydroxylation is 1. The lowest BCUT2D eigenvalue weighted by Gasteiger charge is -2.32. The fourth-order valence-corrected chi connectivity index (χ4v) is 3.95. The van der Waals surface area contributed by atoms with Gasteiger partial charge in [0.1, 0.15) is 5.02 Å². The molecule has 1 fully saturated rings. The smallest absolute Gasteiger partial charge is 0.293 e. The van der Waals surface area contributed by atoms with Crippen LogP contribution in [-0.4, -0.2) is 72.2 Å². The number of fused-ring (bicyclic) bond motifs is 1. The minimum atomic E-state index is -0.312. The molecule has 0 bridgehead atoms. The van der Waals surface area contributed by atoms with E-state index in [1.807, 2.05) is 52.8 Å². The number of anilines is 3. The summed E-state index contributed by atoms with van der Waals surface area (Å²) in [6.07, 6.45) is 1.60. The number of hydrogen-bond donors (Lipinski definition) is 2. The molecule has 1 aromatic carbocycles. The molecule has 10 nitrogen and oxygen atoms in total. The van der Waals surface area contributed by atoms with E-state index >= 15 is 0 Å². The topological polar surface area (TPSA) is 105 Å². The first kappa shape index (κ1) is 30.9. The summed E-state index contributed by atoms with van der Waals surface area (Å²) in [5, 5.41) is 6.94. The van der Waals surface area contributed by atoms with Crippen LogP contribution in [0.1, 0.15) is 34.6 Å². The van der Waals surface area contributed by atoms with Gasteiger partial charge in [0.2, 0.25) is 5.95 Å². The standard InChI is InChI=1S/C23H28ClN7O3.2C2H6/c1-4-31-18-6-5-16(11-15(18)12-19(22(31)33)34-14-20(32)25-2)27-21-17(24)13-26-23(28-21)30-9-7-29(3)8-10-30;2*1-2/h5-6,11-13H,4,7-10,14H2,1-3H3,(H,25,32)(H,26,27,28);2*1-2H3. The second-order valence-electron chi connectivity index (χ2n) is 8.08. The first-order valence-corrected chi connectivity index (χ1v) is 13.5. The number of nitrogens with zero attached hydrogens (tertiary/aromatic N) is 5. The lowest BCUT2D eigenvalue weighted by Crippen LogP contribution is -2.45. The second-order valence-corrected chi connectivity index (χ2v) is 8.48. The van der Waals surface area contributed by atoms with E-state index in [0.717, 1.165) is 42.8 Å². The van der Waals surface area contributed by atoms with Gasteiger partial charge in [-0.2, -0.15) is 4.98 Å². The molecule has 0 saturated carbocycles. The molecule has 1 aliphatic rings. The number of carbonyl (C=O) groups is 1. The SMILES string of the molecule is CC.CC.CCn1c(=O)c(OCC(=O)NC)cc2cc(Nc3nc(N4CCN(C)CC4)ncc3Cl)ccc21. The molecular weight excluding hydrogens is 506 g/mol. The zero-order valence-electron chi connectivity index (χ0n) is 23.5. The van der Waals surface area contributed by atoms with Gasteiger partial charge in [-0.1, -0.05) is 39.3 Å². The van der Waals surface area contributed by atoms with Gasteiger partial charge in [-0.3, -0.25) is 9.59 Å². The number of pyridine rings is 1. The number of aromatic nitrogens is 3. The van der Waals surface area contributed by atoms with Crippen molar-refractivity contribution in [1.82, 2.24) is 24.8 Å². The summed E-state index contributed by atoms with van der Waals surface area (Å²) < 4.78 is 7.10. The van der Waals surface area contributed by atoms with E-state index in [9.17, 15) is 9.59 Å². The van der Waals surface area contributed by atoms with Gasteiger partial charge in [-0.05, 0) is 38.2 Å². The van der Waals surface area contributed by atoms with Gasteiger partial charge in [-0.15, -0.1) is 0 Å². The summed E-state index contributed by atoms with van der Waals surface area (Å²) in [5.74, 6) is 0.940. The van der Waals surface area contributed by atoms with Crippen LogP contribution >= 0.6 is 11.6 Å². The molecule has 38 heavy (non-hydrogen) atoms. The van der Waals surface area contributed by atoms with Crippen molar-refractivity contribution in [2.75, 3.05) is 57.1 Å². The van der Waals surface area contributed by atoms with E-state index in [1.165, 1.54) is 7.05 Å². The van der Waals surface area contributed by atoms with Crippen LogP contribution in [0.15, 0.2) is 35.3 Å². The summed E-state index contributed by atoms with van der Waals surface area (Å²) in [6.45, 7) is 13.7. The van der Waals surface area contributed by atoms with Crippen LogP contribution in [0.3, 0.4) is 0 Å². The van der Waals surface area contributed by atoms with Crippen LogP contribution < -0.4 is 25.8 Å². The fraction of sp³-hybridized carbons (Fsp3) is 0.481. The Bertz CT molecular complexity index is 1260. The molecule has 2 N–H and O–H groups in total. The van der Waals surface area contributed by atoms with Crippen LogP contribution in [-0.2, 0) is 11.3 Å². The first-order valence-electron chi connectivity index (χ1n) is 13.1. The zero-order valence-corrected chi connectivity index (χ0v) is 24.2. The normalized spacial score (nSPS) is 13.1. The van der Waals surface area contributed by atoms with Crippen LogP contribution in [0.25, 0.3) is 10.9 Å². The van der Waals surface area contributed by atoms with Gasteiger partial charge in [0.15, 0.2) is 18.2 Å². The molecule has 0 aliphatic carbocycles. The zero-order chi connectivity index (χ0) is 28.2. The van der Waals surface area contributed by atoms with Crippen molar-refractivity contribution >= 4 is 45.9 Å². The average Bonchev–Trinajstić information content (AvgIpc) is 2.95. The number of likely N-dealkylation sites (N-methyl/N-ethyl adjacent to an activating group) is 2. The van der Waals surface area contributed by atoms with Crippen LogP contribution in [0.2, 0.25) is 5.02 Å². The van der Waals surface area contributed by atoms with Crippen LogP contribution in [0, 0.1) is 0 Å². The predicted molar refractivity (Wildman–Crippen MR) is 156 cm³/mol. The Morgan fingerprint density at radius 3 is 2.42 bits per heavy atom. The highest BCUT2D eigenvalue weighted by atomic mass is 35.5. The summed E-state index contributed by atoms with van der Waals surface area (Å²) in [5.41, 5.74) is 1.23. The number of nitrogens with one attached hydrogen (secondary N) is 2. The summed E-state index contributed by atoms with van der Waals surface area (Å²) in [4.78, 5) is 37.8. The highest BCUT2D eigenvalue weighted by molar-refractivity contribution is 6.32. The molecule has 4 rings (SSSR count). The largest absolute Gasteiger partial charge is 0.478 e. The lowest BCUT2D eigenvalue weighted by atomic mass is 10.1. The fourth-order valence-electron chi connectivity index (χ4n) is 3.81. The van der Waals surface area contributed by atoms with Gasteiger partial charge >= 0.3 is 0 Å². The number of rotatable bonds is 7. The highest BCUT2D eigenvalue weighted by Crippen LogP contribution is 2.28. The van der Waals surface area contributed by atoms with Crippen molar-refractivity contribution in [3.05, 3.63) is 45.8 Å². The molecule has 11 heteroatoms. The third kappa shape index (κ3) is 7.58. The Morgan fingerprint density at radius 1 is 1.11 bits per heavy atom. The van der Waals surface area contributed by atoms with Gasteiger partial charge in [-0.25, -0.2) is 4.98 Å². The maximum absolute atomic E-state index is 12.8. The highest BCUT2D eigenvalue weighted by Gasteiger charge is 2.18. The molecule has 0 atom stereocenters. The van der Waals surface area contributed by atoms with Gasteiger partial charge in [0, 0.05) is 50.8 Å². The van der Waals surface area contributed by atoms with E-state index in [-0.39, 0.29) is 23.8 Å². The molecule has 1 amide bonds. The number of ether oxygens (including phenoxy) is 1. The predicted octanol–water partition coefficient (Wildman–Crippen LogP) is 4.14. The first-order chi connectivity index (χ1) is 18.4. The summed E-state index contributed by atoms with van der Waals surface area (Å²) in [6, 6.07) is 7.27. The van der Waals surface area contributed by atoms with Crippen molar-refractivity contribution in [2.45, 2.75) is 41.2 Å². The van der Waals surface area contributed by atoms with E-state index < -0.39 is 0 Å². The summed E-state index contributed by atoms with van der Waals surface area (Å²) in [7, 11) is 3.61. The van der Waals surface area contributed by atoms with E-state index in [1.54, 1.807) is 16.8 Å². The Balaban J connectivity index is 0.00000121. The van der Waals surface area contributed by atoms with E-state index in [4.69, 9.17) is 16.3 Å². The van der Waals surface area contributed by atoms with E-state index in [2.05, 4.69) is 37.4 Å². The second kappa shape index (κ2) is 15.1. The van der Waals surface area contributed by atoms with Crippen molar-refractivity contribution in [2.24, 2.45) is 0 Å². The number of halogens is 1. The Kier molecular flexibility index (Phi) is 12.3. The molecule has 0 unspecified atom stereocenters. The number of benzene rings is 1. The Hall–Kier alpha value is -3.37. The molecule has 3 aromatic rings. The minimum Gasteiger partial charge on any atom is -0.478 e. The quantitative estimate of drug-likeness (QED) is 0.456. The van der Waals surface area contributed by atoms with Crippen LogP contribution in [0.5, 0.6) is 5.75 Å². The maximum Gasteiger partial charge on any atom is 0.293 e. The Morgan fingerprint density at radius 2 is 1.79 bits per heavy atom. The van der Waals surface area contributed by atoms with Gasteiger partial charge in [0.05, 0.1) is 11.7 Å². The molecule has 1 aliphatic heterocycles. The molecular formula is C27H40ClN7O3. The molecule has 208 valence electrons. The molecule has 2 aromatic heterocycles. The van der Waals surface area contributed by atoms with E-state index in [0.29, 0.717) is 23.3 Å². The van der Waals surface area contributed by atoms with Crippen molar-refractivity contribution in [3.63, 3.8) is 0 Å². The number of carbonyl (C=O) groups excluding carboxylic acids is 1. The number of hydrogen-bond acceptors (Lipinski definition) is 8. The minimum absolute atomic E-state index is 0.118. The van der Waals surface area contributed by atoms with Gasteiger partial charge < -0.3 is 29.7 Å². The van der Waals surface area contributed by atoms with Crippen molar-refractivity contribution in [1.29, 1.82) is 0 Å². The number of amides is 1.